The first-order chi connectivity index (χ1) is 7.26. The van der Waals surface area contributed by atoms with Crippen LogP contribution in [0, 0.1) is 0 Å². The molecule has 15 heavy (non-hydrogen) atoms. The fourth-order valence-corrected chi connectivity index (χ4v) is 0.977. The van der Waals surface area contributed by atoms with E-state index in [2.05, 4.69) is 5.32 Å². The van der Waals surface area contributed by atoms with Crippen molar-refractivity contribution in [1.29, 1.82) is 0 Å². The highest BCUT2D eigenvalue weighted by atomic mass is 16.5. The summed E-state index contributed by atoms with van der Waals surface area (Å²) in [6.45, 7) is 1.55. The minimum absolute atomic E-state index is 0.0191. The third kappa shape index (κ3) is 7.26. The molecule has 0 aliphatic rings. The van der Waals surface area contributed by atoms with Gasteiger partial charge in [0.05, 0.1) is 13.2 Å². The van der Waals surface area contributed by atoms with Crippen LogP contribution in [0.25, 0.3) is 0 Å². The van der Waals surface area contributed by atoms with Crippen LogP contribution in [0.15, 0.2) is 0 Å². The van der Waals surface area contributed by atoms with Crippen molar-refractivity contribution in [3.05, 3.63) is 0 Å². The second-order valence-corrected chi connectivity index (χ2v) is 2.94. The lowest BCUT2D eigenvalue weighted by Gasteiger charge is -2.12. The number of nitrogens with two attached hydrogens (primary N) is 1. The van der Waals surface area contributed by atoms with Gasteiger partial charge in [0.15, 0.2) is 0 Å². The molecule has 0 aromatic rings. The molecule has 0 fully saturated rings. The van der Waals surface area contributed by atoms with Crippen LogP contribution in [0.2, 0.25) is 0 Å². The van der Waals surface area contributed by atoms with Gasteiger partial charge < -0.3 is 25.6 Å². The zero-order valence-electron chi connectivity index (χ0n) is 9.07. The molecule has 0 bridgehead atoms. The Morgan fingerprint density at radius 1 is 1.53 bits per heavy atom. The number of methoxy groups -OCH3 is 1. The molecule has 1 unspecified atom stereocenters. The van der Waals surface area contributed by atoms with Crippen molar-refractivity contribution in [2.45, 2.75) is 12.5 Å². The number of nitrogens with one attached hydrogen (secondary N) is 1. The van der Waals surface area contributed by atoms with Gasteiger partial charge in [-0.3, -0.25) is 4.79 Å². The van der Waals surface area contributed by atoms with Gasteiger partial charge in [-0.1, -0.05) is 0 Å². The van der Waals surface area contributed by atoms with E-state index < -0.39 is 6.10 Å². The Hall–Kier alpha value is -0.690. The summed E-state index contributed by atoms with van der Waals surface area (Å²) in [5, 5.41) is 11.1. The van der Waals surface area contributed by atoms with Gasteiger partial charge in [-0.05, 0) is 6.42 Å². The summed E-state index contributed by atoms with van der Waals surface area (Å²) in [4.78, 5) is 11.3. The maximum absolute atomic E-state index is 11.3. The summed E-state index contributed by atoms with van der Waals surface area (Å²) in [6.07, 6.45) is 0.121. The predicted octanol–water partition coefficient (Wildman–Crippen LogP) is -1.52. The average Bonchev–Trinajstić information content (AvgIpc) is 2.25. The van der Waals surface area contributed by atoms with Gasteiger partial charge in [0.2, 0.25) is 5.91 Å². The highest BCUT2D eigenvalue weighted by Crippen LogP contribution is 1.87. The second-order valence-electron chi connectivity index (χ2n) is 2.94. The van der Waals surface area contributed by atoms with Crippen molar-refractivity contribution >= 4 is 5.91 Å². The minimum atomic E-state index is -0.580. The van der Waals surface area contributed by atoms with E-state index in [1.807, 2.05) is 0 Å². The van der Waals surface area contributed by atoms with E-state index in [4.69, 9.17) is 20.3 Å². The third-order valence-corrected chi connectivity index (χ3v) is 1.79. The first-order valence-corrected chi connectivity index (χ1v) is 4.95. The Bertz CT molecular complexity index is 162. The maximum atomic E-state index is 11.3. The van der Waals surface area contributed by atoms with E-state index in [1.54, 1.807) is 0 Å². The van der Waals surface area contributed by atoms with Gasteiger partial charge in [0, 0.05) is 26.8 Å². The van der Waals surface area contributed by atoms with Crippen molar-refractivity contribution in [3.8, 4) is 0 Å². The first kappa shape index (κ1) is 14.3. The zero-order valence-corrected chi connectivity index (χ0v) is 9.07. The largest absolute Gasteiger partial charge is 0.394 e. The van der Waals surface area contributed by atoms with Crippen LogP contribution in [0.5, 0.6) is 0 Å². The Labute approximate surface area is 89.7 Å². The Morgan fingerprint density at radius 3 is 2.80 bits per heavy atom. The third-order valence-electron chi connectivity index (χ3n) is 1.79. The summed E-state index contributed by atoms with van der Waals surface area (Å²) in [5.41, 5.74) is 5.32. The van der Waals surface area contributed by atoms with Gasteiger partial charge in [-0.25, -0.2) is 0 Å². The number of ether oxygens (including phenoxy) is 2. The molecule has 0 spiro atoms. The number of hydrogen-bond donors (Lipinski definition) is 3. The average molecular weight is 220 g/mol. The highest BCUT2D eigenvalue weighted by Gasteiger charge is 2.14. The number of rotatable bonds is 9. The molecule has 4 N–H and O–H groups in total. The monoisotopic (exact) mass is 220 g/mol. The van der Waals surface area contributed by atoms with Crippen molar-refractivity contribution in [2.24, 2.45) is 5.73 Å². The van der Waals surface area contributed by atoms with Crippen molar-refractivity contribution in [1.82, 2.24) is 5.32 Å². The lowest BCUT2D eigenvalue weighted by Crippen LogP contribution is -2.41. The van der Waals surface area contributed by atoms with Gasteiger partial charge in [-0.15, -0.1) is 0 Å². The molecule has 6 heteroatoms. The number of aliphatic hydroxyl groups excluding tert-OH is 1. The summed E-state index contributed by atoms with van der Waals surface area (Å²) in [6, 6.07) is 0. The number of aliphatic hydroxyl groups is 1. The van der Waals surface area contributed by atoms with Gasteiger partial charge >= 0.3 is 0 Å². The van der Waals surface area contributed by atoms with Crippen molar-refractivity contribution in [2.75, 3.05) is 40.0 Å². The van der Waals surface area contributed by atoms with Gasteiger partial charge in [0.1, 0.15) is 6.10 Å². The summed E-state index contributed by atoms with van der Waals surface area (Å²) in [7, 11) is 1.45. The molecule has 0 saturated carbocycles. The van der Waals surface area contributed by atoms with Crippen LogP contribution in [0.3, 0.4) is 0 Å². The normalized spacial score (nSPS) is 12.5. The van der Waals surface area contributed by atoms with E-state index in [0.29, 0.717) is 26.2 Å². The molecule has 0 radical (unpaired) electrons. The molecule has 1 atom stereocenters. The molecular weight excluding hydrogens is 200 g/mol. The van der Waals surface area contributed by atoms with Crippen LogP contribution in [0.1, 0.15) is 6.42 Å². The van der Waals surface area contributed by atoms with Gasteiger partial charge in [0.25, 0.3) is 0 Å². The minimum Gasteiger partial charge on any atom is -0.394 e. The standard InChI is InChI=1S/C9H20N2O4/c1-14-8(7-10)9(13)11-3-2-5-15-6-4-12/h8,12H,2-7,10H2,1H3,(H,11,13). The van der Waals surface area contributed by atoms with E-state index >= 15 is 0 Å². The Balaban J connectivity index is 3.38. The molecule has 6 nitrogen and oxygen atoms in total. The quantitative estimate of drug-likeness (QED) is 0.410. The predicted molar refractivity (Wildman–Crippen MR) is 55.4 cm³/mol. The molecule has 0 saturated heterocycles. The van der Waals surface area contributed by atoms with Crippen LogP contribution >= 0.6 is 0 Å². The number of hydrogen-bond acceptors (Lipinski definition) is 5. The lowest BCUT2D eigenvalue weighted by molar-refractivity contribution is -0.130. The Kier molecular flexibility index (Phi) is 9.40. The fourth-order valence-electron chi connectivity index (χ4n) is 0.977. The molecule has 0 aromatic heterocycles. The highest BCUT2D eigenvalue weighted by molar-refractivity contribution is 5.80. The van der Waals surface area contributed by atoms with Crippen LogP contribution in [-0.2, 0) is 14.3 Å². The maximum Gasteiger partial charge on any atom is 0.250 e. The summed E-state index contributed by atoms with van der Waals surface area (Å²) >= 11 is 0. The topological polar surface area (TPSA) is 93.8 Å². The molecule has 0 aliphatic carbocycles. The lowest BCUT2D eigenvalue weighted by atomic mass is 10.3. The number of carbonyl (C=O) groups excluding carboxylic acids is 1. The molecule has 0 heterocycles. The SMILES string of the molecule is COC(CN)C(=O)NCCCOCCO. The van der Waals surface area contributed by atoms with E-state index in [0.717, 1.165) is 0 Å². The molecule has 90 valence electrons. The Morgan fingerprint density at radius 2 is 2.27 bits per heavy atom. The molecule has 1 amide bonds. The molecule has 0 aromatic carbocycles. The fraction of sp³-hybridized carbons (Fsp3) is 0.889. The van der Waals surface area contributed by atoms with Crippen LogP contribution in [-0.4, -0.2) is 57.1 Å². The first-order valence-electron chi connectivity index (χ1n) is 4.95. The van der Waals surface area contributed by atoms with Crippen molar-refractivity contribution in [3.63, 3.8) is 0 Å². The summed E-state index contributed by atoms with van der Waals surface area (Å²) < 4.78 is 9.88. The number of amides is 1. The van der Waals surface area contributed by atoms with Crippen LogP contribution in [0.4, 0.5) is 0 Å². The van der Waals surface area contributed by atoms with E-state index in [-0.39, 0.29) is 19.1 Å². The van der Waals surface area contributed by atoms with Gasteiger partial charge in [-0.2, -0.15) is 0 Å². The molecular formula is C9H20N2O4. The zero-order chi connectivity index (χ0) is 11.5. The second kappa shape index (κ2) is 9.85. The number of carbonyl (C=O) groups is 1. The smallest absolute Gasteiger partial charge is 0.250 e. The van der Waals surface area contributed by atoms with Crippen molar-refractivity contribution < 1.29 is 19.4 Å². The van der Waals surface area contributed by atoms with Crippen LogP contribution < -0.4 is 11.1 Å². The molecule has 0 aliphatic heterocycles. The molecule has 0 rings (SSSR count). The van der Waals surface area contributed by atoms with E-state index in [9.17, 15) is 4.79 Å². The van der Waals surface area contributed by atoms with E-state index in [1.165, 1.54) is 7.11 Å². The summed E-state index contributed by atoms with van der Waals surface area (Å²) in [5.74, 6) is -0.206.